The molecule has 0 aliphatic rings. The van der Waals surface area contributed by atoms with Gasteiger partial charge in [-0.3, -0.25) is 0 Å². The zero-order valence-corrected chi connectivity index (χ0v) is 17.6. The average molecular weight is 443 g/mol. The third-order valence-corrected chi connectivity index (χ3v) is 5.29. The molecule has 0 aliphatic carbocycles. The van der Waals surface area contributed by atoms with Gasteiger partial charge in [-0.25, -0.2) is 9.78 Å². The number of hydrogen-bond acceptors (Lipinski definition) is 5. The number of halogens is 3. The van der Waals surface area contributed by atoms with Crippen molar-refractivity contribution in [3.63, 3.8) is 0 Å². The molecule has 0 amide bonds. The summed E-state index contributed by atoms with van der Waals surface area (Å²) >= 11 is 1.65. The molecule has 0 saturated heterocycles. The van der Waals surface area contributed by atoms with Crippen molar-refractivity contribution in [3.8, 4) is 0 Å². The van der Waals surface area contributed by atoms with Gasteiger partial charge in [-0.2, -0.15) is 13.2 Å². The molecule has 3 aromatic rings. The van der Waals surface area contributed by atoms with Crippen LogP contribution in [0.3, 0.4) is 0 Å². The van der Waals surface area contributed by atoms with Gasteiger partial charge >= 0.3 is 12.1 Å². The molecule has 0 bridgehead atoms. The molecule has 0 radical (unpaired) electrons. The van der Waals surface area contributed by atoms with Gasteiger partial charge in [-0.05, 0) is 38.3 Å². The number of carboxylic acids is 1. The van der Waals surface area contributed by atoms with E-state index in [9.17, 15) is 18.3 Å². The van der Waals surface area contributed by atoms with E-state index in [4.69, 9.17) is 9.90 Å². The number of thiophene rings is 1. The lowest BCUT2D eigenvalue weighted by Gasteiger charge is -2.23. The maximum atomic E-state index is 10.6. The molecule has 1 atom stereocenters. The van der Waals surface area contributed by atoms with Crippen LogP contribution in [0.2, 0.25) is 0 Å². The first kappa shape index (κ1) is 23.8. The summed E-state index contributed by atoms with van der Waals surface area (Å²) in [5.74, 6) is -1.77. The fourth-order valence-corrected chi connectivity index (χ4v) is 3.71. The topological polar surface area (TPSA) is 87.4 Å². The number of rotatable bonds is 5. The van der Waals surface area contributed by atoms with Crippen molar-refractivity contribution < 1.29 is 28.2 Å². The second kappa shape index (κ2) is 9.59. The van der Waals surface area contributed by atoms with Crippen LogP contribution in [0.25, 0.3) is 10.1 Å². The first-order valence-electron chi connectivity index (χ1n) is 9.09. The number of nitrogens with one attached hydrogen (secondary N) is 1. The summed E-state index contributed by atoms with van der Waals surface area (Å²) < 4.78 is 35.1. The molecule has 164 valence electrons. The molecule has 6 nitrogen and oxygen atoms in total. The molecule has 3 rings (SSSR count). The highest BCUT2D eigenvalue weighted by Crippen LogP contribution is 2.29. The summed E-state index contributed by atoms with van der Waals surface area (Å²) in [6.45, 7) is 7.63. The van der Waals surface area contributed by atoms with Crippen molar-refractivity contribution in [3.05, 3.63) is 53.4 Å². The van der Waals surface area contributed by atoms with Gasteiger partial charge in [0.05, 0.1) is 6.54 Å². The van der Waals surface area contributed by atoms with E-state index in [0.29, 0.717) is 13.1 Å². The molecule has 0 saturated carbocycles. The second-order valence-corrected chi connectivity index (χ2v) is 8.64. The van der Waals surface area contributed by atoms with Crippen LogP contribution >= 0.6 is 11.3 Å². The molecule has 2 aromatic heterocycles. The number of alkyl halides is 3. The van der Waals surface area contributed by atoms with Crippen LogP contribution in [0.1, 0.15) is 37.6 Å². The van der Waals surface area contributed by atoms with Crippen LogP contribution < -0.4 is 5.32 Å². The van der Waals surface area contributed by atoms with Crippen molar-refractivity contribution in [2.24, 2.45) is 0 Å². The van der Waals surface area contributed by atoms with Crippen LogP contribution in [-0.4, -0.2) is 38.5 Å². The average Bonchev–Trinajstić information content (AvgIpc) is 3.27. The Labute approximate surface area is 176 Å². The summed E-state index contributed by atoms with van der Waals surface area (Å²) in [7, 11) is 0. The first-order valence-corrected chi connectivity index (χ1v) is 9.91. The van der Waals surface area contributed by atoms with Crippen LogP contribution in [0.4, 0.5) is 13.2 Å². The van der Waals surface area contributed by atoms with Crippen LogP contribution in [-0.2, 0) is 16.9 Å². The van der Waals surface area contributed by atoms with Gasteiger partial charge in [0.15, 0.2) is 0 Å². The highest BCUT2D eigenvalue weighted by molar-refractivity contribution is 7.19. The normalized spacial score (nSPS) is 13.0. The van der Waals surface area contributed by atoms with Gasteiger partial charge in [-0.15, -0.1) is 11.3 Å². The van der Waals surface area contributed by atoms with Gasteiger partial charge < -0.3 is 20.1 Å². The van der Waals surface area contributed by atoms with E-state index < -0.39 is 18.2 Å². The molecule has 1 aromatic carbocycles. The molecule has 0 aliphatic heterocycles. The third-order valence-electron chi connectivity index (χ3n) is 4.08. The number of fused-ring (bicyclic) bond motifs is 1. The van der Waals surface area contributed by atoms with E-state index >= 15 is 0 Å². The molecule has 0 spiro atoms. The van der Waals surface area contributed by atoms with E-state index in [2.05, 4.69) is 53.8 Å². The number of aliphatic hydroxyl groups excluding tert-OH is 1. The molecular formula is C20H24F3N3O3S. The Balaban J connectivity index is 0.000000396. The number of aliphatic hydroxyl groups is 1. The van der Waals surface area contributed by atoms with Gasteiger partial charge in [0.25, 0.3) is 0 Å². The molecule has 10 heteroatoms. The fourth-order valence-electron chi connectivity index (χ4n) is 2.66. The largest absolute Gasteiger partial charge is 0.490 e. The Morgan fingerprint density at radius 1 is 1.27 bits per heavy atom. The van der Waals surface area contributed by atoms with Crippen LogP contribution in [0, 0.1) is 0 Å². The van der Waals surface area contributed by atoms with Gasteiger partial charge in [0, 0.05) is 34.1 Å². The molecule has 2 heterocycles. The zero-order chi connectivity index (χ0) is 22.5. The van der Waals surface area contributed by atoms with Crippen LogP contribution in [0.5, 0.6) is 0 Å². The lowest BCUT2D eigenvalue weighted by Crippen LogP contribution is -2.28. The lowest BCUT2D eigenvalue weighted by molar-refractivity contribution is -0.192. The predicted molar refractivity (Wildman–Crippen MR) is 109 cm³/mol. The fraction of sp³-hybridized carbons (Fsp3) is 0.400. The molecular weight excluding hydrogens is 419 g/mol. The molecule has 3 N–H and O–H groups in total. The maximum Gasteiger partial charge on any atom is 0.490 e. The van der Waals surface area contributed by atoms with Crippen molar-refractivity contribution in [1.29, 1.82) is 0 Å². The number of carboxylic acid groups (broad SMARTS) is 1. The van der Waals surface area contributed by atoms with E-state index in [-0.39, 0.29) is 5.54 Å². The van der Waals surface area contributed by atoms with Crippen molar-refractivity contribution in [1.82, 2.24) is 14.9 Å². The van der Waals surface area contributed by atoms with Crippen molar-refractivity contribution in [2.45, 2.75) is 45.1 Å². The highest BCUT2D eigenvalue weighted by atomic mass is 32.1. The Kier molecular flexibility index (Phi) is 7.62. The predicted octanol–water partition coefficient (Wildman–Crippen LogP) is 4.31. The molecule has 0 fully saturated rings. The zero-order valence-electron chi connectivity index (χ0n) is 16.8. The minimum Gasteiger partial charge on any atom is -0.475 e. The number of aliphatic carboxylic acids is 1. The van der Waals surface area contributed by atoms with Gasteiger partial charge in [0.2, 0.25) is 0 Å². The Bertz CT molecular complexity index is 944. The number of hydrogen-bond donors (Lipinski definition) is 3. The monoisotopic (exact) mass is 443 g/mol. The summed E-state index contributed by atoms with van der Waals surface area (Å²) in [5, 5.41) is 22.0. The summed E-state index contributed by atoms with van der Waals surface area (Å²) in [6, 6.07) is 10.3. The van der Waals surface area contributed by atoms with Crippen molar-refractivity contribution >= 4 is 27.4 Å². The summed E-state index contributed by atoms with van der Waals surface area (Å²) in [6.07, 6.45) is -1.75. The number of aromatic nitrogens is 2. The van der Waals surface area contributed by atoms with Gasteiger partial charge in [0.1, 0.15) is 11.9 Å². The van der Waals surface area contributed by atoms with Crippen molar-refractivity contribution in [2.75, 3.05) is 6.54 Å². The molecule has 1 unspecified atom stereocenters. The Morgan fingerprint density at radius 3 is 2.47 bits per heavy atom. The second-order valence-electron chi connectivity index (χ2n) is 7.52. The number of nitrogens with zero attached hydrogens (tertiary/aromatic N) is 2. The molecule has 30 heavy (non-hydrogen) atoms. The third kappa shape index (κ3) is 6.54. The number of imidazole rings is 1. The number of benzene rings is 1. The smallest absolute Gasteiger partial charge is 0.475 e. The highest BCUT2D eigenvalue weighted by Gasteiger charge is 2.38. The quantitative estimate of drug-likeness (QED) is 0.547. The van der Waals surface area contributed by atoms with E-state index in [1.54, 1.807) is 11.3 Å². The first-order chi connectivity index (χ1) is 13.9. The Hall–Kier alpha value is -2.43. The van der Waals surface area contributed by atoms with E-state index in [1.807, 2.05) is 24.5 Å². The van der Waals surface area contributed by atoms with Gasteiger partial charge in [-0.1, -0.05) is 18.2 Å². The van der Waals surface area contributed by atoms with E-state index in [0.717, 1.165) is 10.7 Å². The lowest BCUT2D eigenvalue weighted by atomic mass is 10.1. The SMILES string of the molecule is CC(C)(C)n1ccnc1CNCC(O)c1cc2ccccc2s1.O=C(O)C(F)(F)F. The standard InChI is InChI=1S/C18H23N3OS.C2HF3O2/c1-18(2,3)21-9-8-20-17(21)12-19-11-14(22)16-10-13-6-4-5-7-15(13)23-16;3-2(4,5)1(6)7/h4-10,14,19,22H,11-12H2,1-3H3;(H,6,7). The van der Waals surface area contributed by atoms with Crippen LogP contribution in [0.15, 0.2) is 42.7 Å². The minimum atomic E-state index is -5.08. The van der Waals surface area contributed by atoms with E-state index in [1.165, 1.54) is 10.1 Å². The summed E-state index contributed by atoms with van der Waals surface area (Å²) in [5.41, 5.74) is 0.0115. The Morgan fingerprint density at radius 2 is 1.90 bits per heavy atom. The summed E-state index contributed by atoms with van der Waals surface area (Å²) in [4.78, 5) is 14.3. The minimum absolute atomic E-state index is 0.0115. The number of carbonyl (C=O) groups is 1. The maximum absolute atomic E-state index is 10.6.